The summed E-state index contributed by atoms with van der Waals surface area (Å²) in [7, 11) is 1.89. The highest BCUT2D eigenvalue weighted by Gasteiger charge is 2.47. The largest absolute Gasteiger partial charge is 0.341 e. The molecule has 0 aromatic rings. The zero-order valence-electron chi connectivity index (χ0n) is 11.8. The average Bonchev–Trinajstić information content (AvgIpc) is 2.27. The average molecular weight is 248 g/mol. The smallest absolute Gasteiger partial charge is 0.243 e. The van der Waals surface area contributed by atoms with E-state index in [-0.39, 0.29) is 5.91 Å². The molecule has 0 aromatic carbocycles. The molecule has 2 saturated carbocycles. The van der Waals surface area contributed by atoms with Gasteiger partial charge in [-0.3, -0.25) is 4.79 Å². The van der Waals surface area contributed by atoms with Gasteiger partial charge in [0.2, 0.25) is 5.91 Å². The van der Waals surface area contributed by atoms with Crippen molar-refractivity contribution in [3.05, 3.63) is 0 Å². The fourth-order valence-corrected chi connectivity index (χ4v) is 3.18. The Morgan fingerprint density at radius 3 is 2.17 bits per heavy atom. The Bertz CT molecular complexity index is 366. The molecule has 1 amide bonds. The van der Waals surface area contributed by atoms with Gasteiger partial charge in [0, 0.05) is 13.1 Å². The van der Waals surface area contributed by atoms with Crippen molar-refractivity contribution in [2.45, 2.75) is 64.8 Å². The molecule has 0 saturated heterocycles. The summed E-state index contributed by atoms with van der Waals surface area (Å²) in [4.78, 5) is 14.3. The lowest BCUT2D eigenvalue weighted by Gasteiger charge is -2.43. The van der Waals surface area contributed by atoms with E-state index in [1.807, 2.05) is 11.9 Å². The molecule has 0 bridgehead atoms. The van der Waals surface area contributed by atoms with E-state index in [2.05, 4.69) is 19.9 Å². The van der Waals surface area contributed by atoms with Gasteiger partial charge in [0.15, 0.2) is 0 Å². The molecule has 0 N–H and O–H groups in total. The summed E-state index contributed by atoms with van der Waals surface area (Å²) < 4.78 is 0. The lowest BCUT2D eigenvalue weighted by Crippen LogP contribution is -2.50. The molecule has 18 heavy (non-hydrogen) atoms. The minimum Gasteiger partial charge on any atom is -0.341 e. The first-order valence-corrected chi connectivity index (χ1v) is 7.09. The van der Waals surface area contributed by atoms with Gasteiger partial charge >= 0.3 is 0 Å². The van der Waals surface area contributed by atoms with Crippen molar-refractivity contribution < 1.29 is 4.79 Å². The summed E-state index contributed by atoms with van der Waals surface area (Å²) in [5, 5.41) is 9.24. The van der Waals surface area contributed by atoms with Gasteiger partial charge in [0.05, 0.1) is 6.07 Å². The minimum absolute atomic E-state index is 0.0703. The van der Waals surface area contributed by atoms with Crippen LogP contribution < -0.4 is 0 Å². The molecular weight excluding hydrogens is 224 g/mol. The van der Waals surface area contributed by atoms with Gasteiger partial charge < -0.3 is 4.90 Å². The first-order valence-electron chi connectivity index (χ1n) is 7.09. The zero-order valence-corrected chi connectivity index (χ0v) is 11.8. The normalized spacial score (nSPS) is 25.9. The third kappa shape index (κ3) is 2.25. The fraction of sp³-hybridized carbons (Fsp3) is 0.867. The molecule has 100 valence electrons. The Labute approximate surface area is 110 Å². The minimum atomic E-state index is -0.679. The molecule has 0 aliphatic heterocycles. The van der Waals surface area contributed by atoms with Gasteiger partial charge in [-0.2, -0.15) is 5.26 Å². The van der Waals surface area contributed by atoms with E-state index in [1.165, 1.54) is 12.8 Å². The van der Waals surface area contributed by atoms with Crippen LogP contribution in [0.2, 0.25) is 0 Å². The van der Waals surface area contributed by atoms with Gasteiger partial charge in [0.25, 0.3) is 0 Å². The van der Waals surface area contributed by atoms with Crippen LogP contribution in [0.1, 0.15) is 58.8 Å². The molecule has 2 fully saturated rings. The third-order valence-corrected chi connectivity index (χ3v) is 5.01. The van der Waals surface area contributed by atoms with E-state index in [4.69, 9.17) is 0 Å². The van der Waals surface area contributed by atoms with E-state index in [0.717, 1.165) is 32.1 Å². The maximum atomic E-state index is 12.4. The third-order valence-electron chi connectivity index (χ3n) is 5.01. The number of carbonyl (C=O) groups is 1. The second-order valence-corrected chi connectivity index (χ2v) is 6.86. The van der Waals surface area contributed by atoms with E-state index < -0.39 is 5.41 Å². The predicted octanol–water partition coefficient (Wildman–Crippen LogP) is 3.11. The quantitative estimate of drug-likeness (QED) is 0.753. The number of rotatable bonds is 2. The van der Waals surface area contributed by atoms with Crippen LogP contribution in [0.5, 0.6) is 0 Å². The molecule has 0 unspecified atom stereocenters. The van der Waals surface area contributed by atoms with Crippen LogP contribution in [-0.2, 0) is 4.79 Å². The van der Waals surface area contributed by atoms with Crippen LogP contribution in [0.15, 0.2) is 0 Å². The Morgan fingerprint density at radius 2 is 1.78 bits per heavy atom. The lowest BCUT2D eigenvalue weighted by atomic mass is 9.68. The maximum absolute atomic E-state index is 12.4. The van der Waals surface area contributed by atoms with E-state index in [0.29, 0.717) is 11.5 Å². The summed E-state index contributed by atoms with van der Waals surface area (Å²) in [6, 6.07) is 2.60. The highest BCUT2D eigenvalue weighted by Crippen LogP contribution is 2.43. The molecule has 2 aliphatic carbocycles. The van der Waals surface area contributed by atoms with Crippen molar-refractivity contribution in [1.82, 2.24) is 4.90 Å². The van der Waals surface area contributed by atoms with Crippen LogP contribution >= 0.6 is 0 Å². The molecule has 0 spiro atoms. The van der Waals surface area contributed by atoms with Crippen LogP contribution in [0, 0.1) is 22.2 Å². The standard InChI is InChI=1S/C15H24N2O/c1-14(2)9-5-12(6-10-14)17(3)13(18)15(11-16)7-4-8-15/h12H,4-10H2,1-3H3. The Balaban J connectivity index is 1.98. The number of hydrogen-bond donors (Lipinski definition) is 0. The van der Waals surface area contributed by atoms with Crippen LogP contribution in [0.3, 0.4) is 0 Å². The molecule has 0 radical (unpaired) electrons. The van der Waals surface area contributed by atoms with Crippen molar-refractivity contribution in [3.63, 3.8) is 0 Å². The molecule has 0 aromatic heterocycles. The highest BCUT2D eigenvalue weighted by atomic mass is 16.2. The number of nitriles is 1. The van der Waals surface area contributed by atoms with Gasteiger partial charge in [-0.1, -0.05) is 13.8 Å². The van der Waals surface area contributed by atoms with Crippen LogP contribution in [0.4, 0.5) is 0 Å². The number of carbonyl (C=O) groups excluding carboxylic acids is 1. The van der Waals surface area contributed by atoms with Gasteiger partial charge in [-0.05, 0) is 50.4 Å². The highest BCUT2D eigenvalue weighted by molar-refractivity contribution is 5.86. The molecule has 3 nitrogen and oxygen atoms in total. The molecule has 2 rings (SSSR count). The maximum Gasteiger partial charge on any atom is 0.243 e. The SMILES string of the molecule is CN(C(=O)C1(C#N)CCC1)C1CCC(C)(C)CC1. The van der Waals surface area contributed by atoms with Crippen molar-refractivity contribution in [1.29, 1.82) is 5.26 Å². The Morgan fingerprint density at radius 1 is 1.22 bits per heavy atom. The summed E-state index contributed by atoms with van der Waals surface area (Å²) >= 11 is 0. The second kappa shape index (κ2) is 4.57. The molecule has 0 atom stereocenters. The molecule has 3 heteroatoms. The molecular formula is C15H24N2O. The van der Waals surface area contributed by atoms with Gasteiger partial charge in [-0.15, -0.1) is 0 Å². The van der Waals surface area contributed by atoms with E-state index >= 15 is 0 Å². The number of amides is 1. The number of nitrogens with zero attached hydrogens (tertiary/aromatic N) is 2. The van der Waals surface area contributed by atoms with Crippen LogP contribution in [-0.4, -0.2) is 23.9 Å². The Kier molecular flexibility index (Phi) is 3.40. The monoisotopic (exact) mass is 248 g/mol. The topological polar surface area (TPSA) is 44.1 Å². The second-order valence-electron chi connectivity index (χ2n) is 6.86. The molecule has 0 heterocycles. The Hall–Kier alpha value is -1.04. The zero-order chi connectivity index (χ0) is 13.4. The van der Waals surface area contributed by atoms with Crippen molar-refractivity contribution in [3.8, 4) is 6.07 Å². The van der Waals surface area contributed by atoms with E-state index in [1.54, 1.807) is 0 Å². The predicted molar refractivity (Wildman–Crippen MR) is 70.7 cm³/mol. The van der Waals surface area contributed by atoms with E-state index in [9.17, 15) is 10.1 Å². The number of hydrogen-bond acceptors (Lipinski definition) is 2. The van der Waals surface area contributed by atoms with Crippen molar-refractivity contribution >= 4 is 5.91 Å². The molecule has 2 aliphatic rings. The fourth-order valence-electron chi connectivity index (χ4n) is 3.18. The summed E-state index contributed by atoms with van der Waals surface area (Å²) in [5.74, 6) is 0.0703. The first-order chi connectivity index (χ1) is 8.40. The first kappa shape index (κ1) is 13.4. The summed E-state index contributed by atoms with van der Waals surface area (Å²) in [6.07, 6.45) is 7.04. The van der Waals surface area contributed by atoms with Gasteiger partial charge in [0.1, 0.15) is 5.41 Å². The summed E-state index contributed by atoms with van der Waals surface area (Å²) in [6.45, 7) is 4.60. The van der Waals surface area contributed by atoms with Crippen LogP contribution in [0.25, 0.3) is 0 Å². The van der Waals surface area contributed by atoms with Gasteiger partial charge in [-0.25, -0.2) is 0 Å². The van der Waals surface area contributed by atoms with Crippen molar-refractivity contribution in [2.24, 2.45) is 10.8 Å². The summed E-state index contributed by atoms with van der Waals surface area (Å²) in [5.41, 5.74) is -0.258. The van der Waals surface area contributed by atoms with Crippen molar-refractivity contribution in [2.75, 3.05) is 7.05 Å². The lowest BCUT2D eigenvalue weighted by molar-refractivity contribution is -0.144.